The highest BCUT2D eigenvalue weighted by Gasteiger charge is 2.25. The molecule has 0 unspecified atom stereocenters. The van der Waals surface area contributed by atoms with Crippen LogP contribution < -0.4 is 10.0 Å². The van der Waals surface area contributed by atoms with Gasteiger partial charge in [0.2, 0.25) is 10.0 Å². The van der Waals surface area contributed by atoms with Gasteiger partial charge in [-0.05, 0) is 61.6 Å². The molecule has 0 radical (unpaired) electrons. The number of nitrogens with zero attached hydrogens (tertiary/aromatic N) is 1. The molecule has 1 saturated heterocycles. The number of amides is 1. The Bertz CT molecular complexity index is 1030. The summed E-state index contributed by atoms with van der Waals surface area (Å²) in [6, 6.07) is 12.8. The van der Waals surface area contributed by atoms with Gasteiger partial charge in [-0.3, -0.25) is 9.69 Å². The van der Waals surface area contributed by atoms with Gasteiger partial charge in [-0.2, -0.15) is 0 Å². The lowest BCUT2D eigenvalue weighted by Gasteiger charge is -2.32. The average molecular weight is 460 g/mol. The molecule has 0 atom stereocenters. The lowest BCUT2D eigenvalue weighted by atomic mass is 10.0. The van der Waals surface area contributed by atoms with Crippen LogP contribution in [0.3, 0.4) is 0 Å². The maximum Gasteiger partial charge on any atom is 0.251 e. The summed E-state index contributed by atoms with van der Waals surface area (Å²) < 4.78 is 41.2. The lowest BCUT2D eigenvalue weighted by molar-refractivity contribution is 0.0908. The maximum absolute atomic E-state index is 13.1. The van der Waals surface area contributed by atoms with Gasteiger partial charge in [0.25, 0.3) is 5.91 Å². The van der Waals surface area contributed by atoms with E-state index in [1.54, 1.807) is 24.3 Å². The van der Waals surface area contributed by atoms with Crippen LogP contribution in [0.1, 0.15) is 54.4 Å². The van der Waals surface area contributed by atoms with Crippen molar-refractivity contribution in [3.63, 3.8) is 0 Å². The van der Waals surface area contributed by atoms with Crippen LogP contribution in [0, 0.1) is 5.82 Å². The third-order valence-electron chi connectivity index (χ3n) is 6.33. The summed E-state index contributed by atoms with van der Waals surface area (Å²) in [6.45, 7) is 2.43. The van der Waals surface area contributed by atoms with Crippen LogP contribution in [0.4, 0.5) is 4.39 Å². The van der Waals surface area contributed by atoms with Crippen LogP contribution in [-0.2, 0) is 16.6 Å². The zero-order chi connectivity index (χ0) is 22.6. The minimum atomic E-state index is -3.63. The molecular formula is C24H30FN3O3S. The van der Waals surface area contributed by atoms with Crippen LogP contribution >= 0.6 is 0 Å². The number of hydrogen-bond acceptors (Lipinski definition) is 4. The van der Waals surface area contributed by atoms with Crippen LogP contribution in [0.25, 0.3) is 0 Å². The van der Waals surface area contributed by atoms with Crippen LogP contribution in [0.2, 0.25) is 0 Å². The zero-order valence-corrected chi connectivity index (χ0v) is 18.9. The van der Waals surface area contributed by atoms with E-state index < -0.39 is 10.0 Å². The maximum atomic E-state index is 13.1. The Labute approximate surface area is 189 Å². The van der Waals surface area contributed by atoms with E-state index in [0.717, 1.165) is 63.7 Å². The van der Waals surface area contributed by atoms with E-state index in [9.17, 15) is 17.6 Å². The quantitative estimate of drug-likeness (QED) is 0.665. The van der Waals surface area contributed by atoms with Crippen molar-refractivity contribution in [2.45, 2.75) is 62.0 Å². The molecule has 4 rings (SSSR count). The van der Waals surface area contributed by atoms with E-state index >= 15 is 0 Å². The molecule has 2 fully saturated rings. The van der Waals surface area contributed by atoms with Crippen LogP contribution in [0.15, 0.2) is 53.4 Å². The van der Waals surface area contributed by atoms with Gasteiger partial charge in [-0.1, -0.05) is 31.0 Å². The predicted octanol–water partition coefficient (Wildman–Crippen LogP) is 3.44. The number of hydrogen-bond donors (Lipinski definition) is 2. The molecule has 6 nitrogen and oxygen atoms in total. The zero-order valence-electron chi connectivity index (χ0n) is 18.1. The van der Waals surface area contributed by atoms with Gasteiger partial charge in [0.15, 0.2) is 0 Å². The van der Waals surface area contributed by atoms with Crippen molar-refractivity contribution in [3.8, 4) is 0 Å². The third kappa shape index (κ3) is 5.94. The second-order valence-electron chi connectivity index (χ2n) is 8.78. The Balaban J connectivity index is 1.30. The summed E-state index contributed by atoms with van der Waals surface area (Å²) in [7, 11) is -3.63. The number of piperidine rings is 1. The highest BCUT2D eigenvalue weighted by molar-refractivity contribution is 7.89. The fourth-order valence-corrected chi connectivity index (χ4v) is 5.84. The Kier molecular flexibility index (Phi) is 7.23. The highest BCUT2D eigenvalue weighted by atomic mass is 32.2. The molecular weight excluding hydrogens is 429 g/mol. The van der Waals surface area contributed by atoms with E-state index in [0.29, 0.717) is 5.56 Å². The molecule has 2 aromatic rings. The van der Waals surface area contributed by atoms with Crippen LogP contribution in [-0.4, -0.2) is 44.4 Å². The van der Waals surface area contributed by atoms with Gasteiger partial charge in [0.1, 0.15) is 5.82 Å². The van der Waals surface area contributed by atoms with E-state index in [2.05, 4.69) is 14.9 Å². The molecule has 0 aromatic heterocycles. The summed E-state index contributed by atoms with van der Waals surface area (Å²) in [4.78, 5) is 15.2. The predicted molar refractivity (Wildman–Crippen MR) is 121 cm³/mol. The number of carbonyl (C=O) groups excluding carboxylic acids is 1. The smallest absolute Gasteiger partial charge is 0.251 e. The van der Waals surface area contributed by atoms with E-state index in [4.69, 9.17) is 0 Å². The molecule has 8 heteroatoms. The summed E-state index contributed by atoms with van der Waals surface area (Å²) in [5, 5.41) is 3.05. The van der Waals surface area contributed by atoms with Crippen molar-refractivity contribution in [1.82, 2.24) is 14.9 Å². The van der Waals surface area contributed by atoms with Crippen molar-refractivity contribution in [2.75, 3.05) is 13.1 Å². The third-order valence-corrected chi connectivity index (χ3v) is 7.84. The normalized spacial score (nSPS) is 18.7. The number of benzene rings is 2. The monoisotopic (exact) mass is 459 g/mol. The van der Waals surface area contributed by atoms with E-state index in [1.165, 1.54) is 24.3 Å². The topological polar surface area (TPSA) is 78.5 Å². The van der Waals surface area contributed by atoms with E-state index in [1.807, 2.05) is 0 Å². The molecule has 2 aliphatic rings. The van der Waals surface area contributed by atoms with Crippen molar-refractivity contribution in [3.05, 3.63) is 65.5 Å². The number of carbonyl (C=O) groups is 1. The number of nitrogens with one attached hydrogen (secondary N) is 2. The van der Waals surface area contributed by atoms with Crippen LogP contribution in [0.5, 0.6) is 0 Å². The van der Waals surface area contributed by atoms with Gasteiger partial charge < -0.3 is 5.32 Å². The van der Waals surface area contributed by atoms with Crippen molar-refractivity contribution < 1.29 is 17.6 Å². The number of rotatable bonds is 7. The fourth-order valence-electron chi connectivity index (χ4n) is 4.49. The molecule has 0 bridgehead atoms. The van der Waals surface area contributed by atoms with Crippen molar-refractivity contribution in [2.24, 2.45) is 0 Å². The van der Waals surface area contributed by atoms with Crippen molar-refractivity contribution in [1.29, 1.82) is 0 Å². The summed E-state index contributed by atoms with van der Waals surface area (Å²) in [5.74, 6) is -0.485. The van der Waals surface area contributed by atoms with Gasteiger partial charge >= 0.3 is 0 Å². The summed E-state index contributed by atoms with van der Waals surface area (Å²) >= 11 is 0. The second kappa shape index (κ2) is 10.1. The lowest BCUT2D eigenvalue weighted by Crippen LogP contribution is -2.44. The highest BCUT2D eigenvalue weighted by Crippen LogP contribution is 2.21. The summed E-state index contributed by atoms with van der Waals surface area (Å²) in [5.41, 5.74) is 1.42. The molecule has 1 amide bonds. The van der Waals surface area contributed by atoms with Gasteiger partial charge in [-0.25, -0.2) is 17.5 Å². The number of likely N-dealkylation sites (tertiary alicyclic amines) is 1. The van der Waals surface area contributed by atoms with Crippen molar-refractivity contribution >= 4 is 15.9 Å². The molecule has 1 aliphatic carbocycles. The Hall–Kier alpha value is -2.29. The molecule has 2 N–H and O–H groups in total. The van der Waals surface area contributed by atoms with Gasteiger partial charge in [0, 0.05) is 37.3 Å². The minimum absolute atomic E-state index is 0.0161. The standard InChI is InChI=1S/C24H30FN3O3S/c25-20-10-8-18(9-11-20)17-28-14-12-21(13-15-28)26-24(29)19-4-3-7-23(16-19)32(30,31)27-22-5-1-2-6-22/h3-4,7-11,16,21-22,27H,1-2,5-6,12-15,17H2,(H,26,29). The first-order chi connectivity index (χ1) is 15.4. The number of halogens is 1. The fraction of sp³-hybridized carbons (Fsp3) is 0.458. The molecule has 1 saturated carbocycles. The molecule has 172 valence electrons. The minimum Gasteiger partial charge on any atom is -0.349 e. The Morgan fingerprint density at radius 2 is 1.66 bits per heavy atom. The SMILES string of the molecule is O=C(NC1CCN(Cc2ccc(F)cc2)CC1)c1cccc(S(=O)(=O)NC2CCCC2)c1. The Morgan fingerprint density at radius 3 is 2.34 bits per heavy atom. The van der Waals surface area contributed by atoms with E-state index in [-0.39, 0.29) is 28.7 Å². The first-order valence-corrected chi connectivity index (χ1v) is 12.8. The molecule has 0 spiro atoms. The number of sulfonamides is 1. The Morgan fingerprint density at radius 1 is 0.969 bits per heavy atom. The molecule has 2 aromatic carbocycles. The first-order valence-electron chi connectivity index (χ1n) is 11.3. The second-order valence-corrected chi connectivity index (χ2v) is 10.5. The molecule has 32 heavy (non-hydrogen) atoms. The summed E-state index contributed by atoms with van der Waals surface area (Å²) in [6.07, 6.45) is 5.43. The molecule has 1 heterocycles. The first kappa shape index (κ1) is 22.9. The van der Waals surface area contributed by atoms with Gasteiger partial charge in [-0.15, -0.1) is 0 Å². The molecule has 1 aliphatic heterocycles. The largest absolute Gasteiger partial charge is 0.349 e. The average Bonchev–Trinajstić information content (AvgIpc) is 3.29. The van der Waals surface area contributed by atoms with Gasteiger partial charge in [0.05, 0.1) is 4.90 Å².